The molecule has 0 radical (unpaired) electrons. The average Bonchev–Trinajstić information content (AvgIpc) is 2.92. The van der Waals surface area contributed by atoms with E-state index in [4.69, 9.17) is 0 Å². The first kappa shape index (κ1) is 13.6. The molecule has 0 N–H and O–H groups in total. The molecule has 3 rings (SSSR count). The Labute approximate surface area is 121 Å². The molecule has 0 bridgehead atoms. The minimum absolute atomic E-state index is 0.218. The molecule has 3 nitrogen and oxygen atoms in total. The van der Waals surface area contributed by atoms with Crippen LogP contribution in [0.4, 0.5) is 10.1 Å². The summed E-state index contributed by atoms with van der Waals surface area (Å²) in [6, 6.07) is 6.50. The molecule has 0 fully saturated rings. The van der Waals surface area contributed by atoms with Crippen LogP contribution < -0.4 is 4.31 Å². The van der Waals surface area contributed by atoms with Gasteiger partial charge in [0.1, 0.15) is 10.0 Å². The van der Waals surface area contributed by atoms with Gasteiger partial charge in [0.15, 0.2) is 0 Å². The summed E-state index contributed by atoms with van der Waals surface area (Å²) in [7, 11) is -3.66. The van der Waals surface area contributed by atoms with Gasteiger partial charge in [-0.05, 0) is 48.4 Å². The first-order chi connectivity index (χ1) is 9.50. The summed E-state index contributed by atoms with van der Waals surface area (Å²) < 4.78 is 41.0. The zero-order chi connectivity index (χ0) is 14.3. The molecule has 0 spiro atoms. The van der Waals surface area contributed by atoms with E-state index in [1.165, 1.54) is 10.4 Å². The number of hydrogen-bond acceptors (Lipinski definition) is 3. The SMILES string of the molecule is Cc1cc(F)c2c(c1)CCCN2S(=O)(=O)c1cccs1. The topological polar surface area (TPSA) is 37.4 Å². The third-order valence-corrected chi connectivity index (χ3v) is 6.55. The molecule has 0 atom stereocenters. The first-order valence-electron chi connectivity index (χ1n) is 6.35. The maximum atomic E-state index is 14.3. The Kier molecular flexibility index (Phi) is 3.30. The number of nitrogens with zero attached hydrogens (tertiary/aromatic N) is 1. The third kappa shape index (κ3) is 2.13. The van der Waals surface area contributed by atoms with E-state index < -0.39 is 15.8 Å². The molecule has 106 valence electrons. The van der Waals surface area contributed by atoms with Crippen molar-refractivity contribution >= 4 is 27.0 Å². The van der Waals surface area contributed by atoms with E-state index in [-0.39, 0.29) is 9.90 Å². The Morgan fingerprint density at radius 2 is 2.15 bits per heavy atom. The van der Waals surface area contributed by atoms with Crippen LogP contribution in [0.5, 0.6) is 0 Å². The summed E-state index contributed by atoms with van der Waals surface area (Å²) >= 11 is 1.16. The third-order valence-electron chi connectivity index (χ3n) is 3.38. The molecule has 0 amide bonds. The van der Waals surface area contributed by atoms with Crippen LogP contribution in [-0.2, 0) is 16.4 Å². The molecule has 6 heteroatoms. The van der Waals surface area contributed by atoms with E-state index in [9.17, 15) is 12.8 Å². The van der Waals surface area contributed by atoms with E-state index in [1.54, 1.807) is 17.5 Å². The van der Waals surface area contributed by atoms with Crippen LogP contribution in [0, 0.1) is 12.7 Å². The summed E-state index contributed by atoms with van der Waals surface area (Å²) in [5.41, 5.74) is 1.81. The van der Waals surface area contributed by atoms with Gasteiger partial charge in [-0.2, -0.15) is 0 Å². The lowest BCUT2D eigenvalue weighted by atomic mass is 10.0. The minimum atomic E-state index is -3.66. The van der Waals surface area contributed by atoms with Gasteiger partial charge in [0.25, 0.3) is 10.0 Å². The number of thiophene rings is 1. The Balaban J connectivity index is 2.16. The van der Waals surface area contributed by atoms with Crippen LogP contribution >= 0.6 is 11.3 Å². The molecule has 0 aliphatic carbocycles. The van der Waals surface area contributed by atoms with Gasteiger partial charge >= 0.3 is 0 Å². The largest absolute Gasteiger partial charge is 0.273 e. The van der Waals surface area contributed by atoms with Crippen LogP contribution in [0.1, 0.15) is 17.5 Å². The van der Waals surface area contributed by atoms with Crippen molar-refractivity contribution < 1.29 is 12.8 Å². The molecule has 2 heterocycles. The smallest absolute Gasteiger partial charge is 0.262 e. The van der Waals surface area contributed by atoms with Crippen molar-refractivity contribution in [3.05, 3.63) is 46.6 Å². The van der Waals surface area contributed by atoms with Gasteiger partial charge in [-0.1, -0.05) is 12.1 Å². The number of aryl methyl sites for hydroxylation is 2. The van der Waals surface area contributed by atoms with Gasteiger partial charge in [0, 0.05) is 6.54 Å². The molecule has 1 aliphatic heterocycles. The average molecular weight is 311 g/mol. The second-order valence-electron chi connectivity index (χ2n) is 4.87. The highest BCUT2D eigenvalue weighted by Gasteiger charge is 2.32. The fourth-order valence-electron chi connectivity index (χ4n) is 2.56. The van der Waals surface area contributed by atoms with Gasteiger partial charge in [-0.15, -0.1) is 11.3 Å². The summed E-state index contributed by atoms with van der Waals surface area (Å²) in [4.78, 5) is 0. The Morgan fingerprint density at radius 3 is 2.85 bits per heavy atom. The molecular formula is C14H14FNO2S2. The molecule has 20 heavy (non-hydrogen) atoms. The molecule has 1 aromatic carbocycles. The first-order valence-corrected chi connectivity index (χ1v) is 8.67. The van der Waals surface area contributed by atoms with Gasteiger partial charge in [-0.25, -0.2) is 12.8 Å². The van der Waals surface area contributed by atoms with Crippen LogP contribution in [0.25, 0.3) is 0 Å². The molecule has 1 aliphatic rings. The number of fused-ring (bicyclic) bond motifs is 1. The lowest BCUT2D eigenvalue weighted by molar-refractivity contribution is 0.578. The molecule has 1 aromatic heterocycles. The Hall–Kier alpha value is -1.40. The second kappa shape index (κ2) is 4.86. The summed E-state index contributed by atoms with van der Waals surface area (Å²) in [6.45, 7) is 2.14. The van der Waals surface area contributed by atoms with Gasteiger partial charge in [-0.3, -0.25) is 4.31 Å². The lowest BCUT2D eigenvalue weighted by Crippen LogP contribution is -2.36. The number of anilines is 1. The zero-order valence-electron chi connectivity index (χ0n) is 11.0. The van der Waals surface area contributed by atoms with E-state index in [0.717, 1.165) is 22.5 Å². The summed E-state index contributed by atoms with van der Waals surface area (Å²) in [5.74, 6) is -0.458. The molecule has 2 aromatic rings. The maximum Gasteiger partial charge on any atom is 0.273 e. The van der Waals surface area contributed by atoms with Gasteiger partial charge in [0.2, 0.25) is 0 Å². The van der Waals surface area contributed by atoms with E-state index >= 15 is 0 Å². The van der Waals surface area contributed by atoms with Crippen molar-refractivity contribution in [2.75, 3.05) is 10.8 Å². The van der Waals surface area contributed by atoms with E-state index in [1.807, 2.05) is 13.0 Å². The number of benzene rings is 1. The van der Waals surface area contributed by atoms with E-state index in [2.05, 4.69) is 0 Å². The van der Waals surface area contributed by atoms with Crippen molar-refractivity contribution in [3.8, 4) is 0 Å². The predicted molar refractivity (Wildman–Crippen MR) is 78.3 cm³/mol. The second-order valence-corrected chi connectivity index (χ2v) is 7.90. The van der Waals surface area contributed by atoms with Crippen molar-refractivity contribution in [2.24, 2.45) is 0 Å². The van der Waals surface area contributed by atoms with Crippen molar-refractivity contribution in [3.63, 3.8) is 0 Å². The maximum absolute atomic E-state index is 14.3. The van der Waals surface area contributed by atoms with Crippen LogP contribution in [0.3, 0.4) is 0 Å². The van der Waals surface area contributed by atoms with Crippen LogP contribution in [-0.4, -0.2) is 15.0 Å². The normalized spacial score (nSPS) is 15.2. The van der Waals surface area contributed by atoms with Gasteiger partial charge in [0.05, 0.1) is 5.69 Å². The zero-order valence-corrected chi connectivity index (χ0v) is 12.6. The number of sulfonamides is 1. The number of rotatable bonds is 2. The Bertz CT molecular complexity index is 739. The number of hydrogen-bond donors (Lipinski definition) is 0. The minimum Gasteiger partial charge on any atom is -0.262 e. The molecular weight excluding hydrogens is 297 g/mol. The fraction of sp³-hybridized carbons (Fsp3) is 0.286. The highest BCUT2D eigenvalue weighted by atomic mass is 32.2. The van der Waals surface area contributed by atoms with Gasteiger partial charge < -0.3 is 0 Å². The molecule has 0 saturated heterocycles. The van der Waals surface area contributed by atoms with Crippen molar-refractivity contribution in [2.45, 2.75) is 24.0 Å². The summed E-state index contributed by atoms with van der Waals surface area (Å²) in [6.07, 6.45) is 1.42. The standard InChI is InChI=1S/C14H14FNO2S2/c1-10-8-11-4-2-6-16(14(11)12(15)9-10)20(17,18)13-5-3-7-19-13/h3,5,7-9H,2,4,6H2,1H3. The van der Waals surface area contributed by atoms with Crippen LogP contribution in [0.2, 0.25) is 0 Å². The van der Waals surface area contributed by atoms with E-state index in [0.29, 0.717) is 19.4 Å². The highest BCUT2D eigenvalue weighted by molar-refractivity contribution is 7.94. The Morgan fingerprint density at radius 1 is 1.35 bits per heavy atom. The quantitative estimate of drug-likeness (QED) is 0.853. The molecule has 0 unspecified atom stereocenters. The fourth-order valence-corrected chi connectivity index (χ4v) is 5.21. The summed E-state index contributed by atoms with van der Waals surface area (Å²) in [5, 5.41) is 1.71. The van der Waals surface area contributed by atoms with Crippen molar-refractivity contribution in [1.29, 1.82) is 0 Å². The molecule has 0 saturated carbocycles. The van der Waals surface area contributed by atoms with Crippen molar-refractivity contribution in [1.82, 2.24) is 0 Å². The van der Waals surface area contributed by atoms with Crippen LogP contribution in [0.15, 0.2) is 33.9 Å². The monoisotopic (exact) mass is 311 g/mol. The highest BCUT2D eigenvalue weighted by Crippen LogP contribution is 2.35. The number of halogens is 1. The predicted octanol–water partition coefficient (Wildman–Crippen LogP) is 3.34. The lowest BCUT2D eigenvalue weighted by Gasteiger charge is -2.30.